The molecule has 3 nitrogen and oxygen atoms in total. The minimum Gasteiger partial charge on any atom is -0.493 e. The fraction of sp³-hybridized carbons (Fsp3) is 0.583. The molecule has 6 heteroatoms. The number of pyridine rings is 1. The van der Waals surface area contributed by atoms with Crippen LogP contribution in [-0.2, 0) is 6.54 Å². The van der Waals surface area contributed by atoms with Crippen molar-refractivity contribution in [3.63, 3.8) is 0 Å². The summed E-state index contributed by atoms with van der Waals surface area (Å²) in [6, 6.07) is 1.67. The molecule has 1 aromatic rings. The number of alkyl halides is 3. The van der Waals surface area contributed by atoms with E-state index in [4.69, 9.17) is 4.74 Å². The van der Waals surface area contributed by atoms with E-state index in [9.17, 15) is 13.2 Å². The summed E-state index contributed by atoms with van der Waals surface area (Å²) in [5.74, 6) is 0.591. The van der Waals surface area contributed by atoms with Gasteiger partial charge in [-0.1, -0.05) is 6.92 Å². The van der Waals surface area contributed by atoms with Gasteiger partial charge in [0, 0.05) is 30.9 Å². The summed E-state index contributed by atoms with van der Waals surface area (Å²) in [5, 5.41) is 3.12. The predicted molar refractivity (Wildman–Crippen MR) is 62.4 cm³/mol. The Labute approximate surface area is 104 Å². The van der Waals surface area contributed by atoms with Gasteiger partial charge in [0.25, 0.3) is 0 Å². The molecule has 0 aliphatic heterocycles. The molecule has 0 aromatic carbocycles. The highest BCUT2D eigenvalue weighted by Crippen LogP contribution is 2.22. The molecule has 0 atom stereocenters. The first-order chi connectivity index (χ1) is 8.53. The fourth-order valence-electron chi connectivity index (χ4n) is 1.40. The molecule has 1 aromatic heterocycles. The van der Waals surface area contributed by atoms with E-state index in [0.717, 1.165) is 12.1 Å². The topological polar surface area (TPSA) is 34.2 Å². The van der Waals surface area contributed by atoms with Crippen LogP contribution in [0.4, 0.5) is 13.2 Å². The van der Waals surface area contributed by atoms with E-state index in [0.29, 0.717) is 12.3 Å². The summed E-state index contributed by atoms with van der Waals surface area (Å²) in [6.45, 7) is 3.43. The zero-order valence-corrected chi connectivity index (χ0v) is 10.3. The summed E-state index contributed by atoms with van der Waals surface area (Å²) in [7, 11) is 0. The Balaban J connectivity index is 2.41. The molecule has 0 unspecified atom stereocenters. The minimum absolute atomic E-state index is 0.0352. The zero-order chi connectivity index (χ0) is 13.4. The lowest BCUT2D eigenvalue weighted by molar-refractivity contribution is -0.136. The van der Waals surface area contributed by atoms with Gasteiger partial charge >= 0.3 is 6.18 Å². The minimum atomic E-state index is -4.12. The Bertz CT molecular complexity index is 355. The number of halogens is 3. The highest BCUT2D eigenvalue weighted by Gasteiger charge is 2.26. The predicted octanol–water partition coefficient (Wildman–Crippen LogP) is 2.91. The lowest BCUT2D eigenvalue weighted by Gasteiger charge is -2.11. The van der Waals surface area contributed by atoms with Crippen LogP contribution in [-0.4, -0.2) is 24.3 Å². The first kappa shape index (κ1) is 14.8. The monoisotopic (exact) mass is 262 g/mol. The number of hydrogen-bond donors (Lipinski definition) is 1. The van der Waals surface area contributed by atoms with Gasteiger partial charge in [-0.15, -0.1) is 0 Å². The molecule has 0 saturated carbocycles. The van der Waals surface area contributed by atoms with Gasteiger partial charge in [0.05, 0.1) is 6.61 Å². The molecule has 0 aliphatic carbocycles. The fourth-order valence-corrected chi connectivity index (χ4v) is 1.40. The average Bonchev–Trinajstić information content (AvgIpc) is 2.32. The third-order valence-corrected chi connectivity index (χ3v) is 2.29. The molecule has 18 heavy (non-hydrogen) atoms. The number of nitrogens with one attached hydrogen (secondary N) is 1. The Morgan fingerprint density at radius 2 is 2.17 bits per heavy atom. The van der Waals surface area contributed by atoms with Crippen molar-refractivity contribution in [2.45, 2.75) is 32.5 Å². The molecule has 102 valence electrons. The van der Waals surface area contributed by atoms with Crippen LogP contribution in [0.1, 0.15) is 25.3 Å². The standard InChI is InChI=1S/C12H17F3N2O/c1-2-16-8-10-9-17-6-4-11(10)18-7-3-5-12(13,14)15/h4,6,9,16H,2-3,5,7-8H2,1H3. The second-order valence-electron chi connectivity index (χ2n) is 3.83. The molecule has 0 fully saturated rings. The number of nitrogens with zero attached hydrogens (tertiary/aromatic N) is 1. The van der Waals surface area contributed by atoms with Crippen molar-refractivity contribution in [3.8, 4) is 5.75 Å². The van der Waals surface area contributed by atoms with Crippen LogP contribution in [0.5, 0.6) is 5.75 Å². The maximum atomic E-state index is 12.0. The Kier molecular flexibility index (Phi) is 5.91. The van der Waals surface area contributed by atoms with E-state index in [1.165, 1.54) is 0 Å². The van der Waals surface area contributed by atoms with Gasteiger partial charge in [-0.3, -0.25) is 4.98 Å². The summed E-state index contributed by atoms with van der Waals surface area (Å²) in [5.41, 5.74) is 0.853. The van der Waals surface area contributed by atoms with Crippen molar-refractivity contribution in [1.82, 2.24) is 10.3 Å². The zero-order valence-electron chi connectivity index (χ0n) is 10.3. The lowest BCUT2D eigenvalue weighted by atomic mass is 10.2. The van der Waals surface area contributed by atoms with Crippen LogP contribution < -0.4 is 10.1 Å². The molecular weight excluding hydrogens is 245 g/mol. The van der Waals surface area contributed by atoms with E-state index in [1.807, 2.05) is 6.92 Å². The van der Waals surface area contributed by atoms with Gasteiger partial charge in [0.1, 0.15) is 5.75 Å². The molecule has 0 spiro atoms. The summed E-state index contributed by atoms with van der Waals surface area (Å²) >= 11 is 0. The SMILES string of the molecule is CCNCc1cnccc1OCCCC(F)(F)F. The molecule has 1 rings (SSSR count). The normalized spacial score (nSPS) is 11.6. The average molecular weight is 262 g/mol. The van der Waals surface area contributed by atoms with Crippen molar-refractivity contribution in [2.24, 2.45) is 0 Å². The largest absolute Gasteiger partial charge is 0.493 e. The van der Waals surface area contributed by atoms with Crippen LogP contribution in [0.25, 0.3) is 0 Å². The first-order valence-corrected chi connectivity index (χ1v) is 5.86. The molecule has 0 radical (unpaired) electrons. The second kappa shape index (κ2) is 7.20. The Morgan fingerprint density at radius 3 is 2.83 bits per heavy atom. The number of rotatable bonds is 7. The van der Waals surface area contributed by atoms with Crippen molar-refractivity contribution in [2.75, 3.05) is 13.2 Å². The molecule has 1 N–H and O–H groups in total. The van der Waals surface area contributed by atoms with E-state index in [1.54, 1.807) is 18.5 Å². The van der Waals surface area contributed by atoms with Gasteiger partial charge in [0.2, 0.25) is 0 Å². The van der Waals surface area contributed by atoms with Crippen molar-refractivity contribution >= 4 is 0 Å². The van der Waals surface area contributed by atoms with Crippen LogP contribution in [0, 0.1) is 0 Å². The smallest absolute Gasteiger partial charge is 0.389 e. The number of hydrogen-bond acceptors (Lipinski definition) is 3. The number of ether oxygens (including phenoxy) is 1. The highest BCUT2D eigenvalue weighted by atomic mass is 19.4. The van der Waals surface area contributed by atoms with Gasteiger partial charge in [0.15, 0.2) is 0 Å². The van der Waals surface area contributed by atoms with E-state index in [2.05, 4.69) is 10.3 Å². The maximum absolute atomic E-state index is 12.0. The van der Waals surface area contributed by atoms with Crippen molar-refractivity contribution < 1.29 is 17.9 Å². The van der Waals surface area contributed by atoms with Gasteiger partial charge < -0.3 is 10.1 Å². The summed E-state index contributed by atoms with van der Waals surface area (Å²) < 4.78 is 41.2. The first-order valence-electron chi connectivity index (χ1n) is 5.86. The highest BCUT2D eigenvalue weighted by molar-refractivity contribution is 5.29. The van der Waals surface area contributed by atoms with Gasteiger partial charge in [-0.2, -0.15) is 13.2 Å². The van der Waals surface area contributed by atoms with Crippen LogP contribution in [0.15, 0.2) is 18.5 Å². The van der Waals surface area contributed by atoms with Crippen LogP contribution >= 0.6 is 0 Å². The van der Waals surface area contributed by atoms with Crippen LogP contribution in [0.3, 0.4) is 0 Å². The van der Waals surface area contributed by atoms with Gasteiger partial charge in [-0.25, -0.2) is 0 Å². The van der Waals surface area contributed by atoms with Crippen molar-refractivity contribution in [1.29, 1.82) is 0 Å². The molecule has 1 heterocycles. The molecule has 0 bridgehead atoms. The molecular formula is C12H17F3N2O. The quantitative estimate of drug-likeness (QED) is 0.767. The molecule has 0 amide bonds. The Hall–Kier alpha value is -1.30. The van der Waals surface area contributed by atoms with Crippen LogP contribution in [0.2, 0.25) is 0 Å². The lowest BCUT2D eigenvalue weighted by Crippen LogP contribution is -2.14. The summed E-state index contributed by atoms with van der Waals surface area (Å²) in [4.78, 5) is 3.97. The number of aromatic nitrogens is 1. The van der Waals surface area contributed by atoms with Crippen molar-refractivity contribution in [3.05, 3.63) is 24.0 Å². The third-order valence-electron chi connectivity index (χ3n) is 2.29. The van der Waals surface area contributed by atoms with Gasteiger partial charge in [-0.05, 0) is 19.0 Å². The Morgan fingerprint density at radius 1 is 1.39 bits per heavy atom. The summed E-state index contributed by atoms with van der Waals surface area (Å²) in [6.07, 6.45) is -1.75. The third kappa shape index (κ3) is 5.86. The van der Waals surface area contributed by atoms with E-state index >= 15 is 0 Å². The second-order valence-corrected chi connectivity index (χ2v) is 3.83. The molecule has 0 aliphatic rings. The maximum Gasteiger partial charge on any atom is 0.389 e. The van der Waals surface area contributed by atoms with E-state index < -0.39 is 12.6 Å². The molecule has 0 saturated heterocycles. The van der Waals surface area contributed by atoms with E-state index in [-0.39, 0.29) is 13.0 Å².